The Labute approximate surface area is 117 Å². The molecule has 0 saturated heterocycles. The molecule has 0 heterocycles. The number of rotatable bonds is 4. The topological polar surface area (TPSA) is 43.4 Å². The van der Waals surface area contributed by atoms with Crippen LogP contribution in [0.2, 0.25) is 19.6 Å². The molecule has 0 N–H and O–H groups in total. The van der Waals surface area contributed by atoms with Gasteiger partial charge in [0.05, 0.1) is 18.2 Å². The monoisotopic (exact) mass is 298 g/mol. The molecule has 1 aromatic rings. The lowest BCUT2D eigenvalue weighted by Gasteiger charge is -2.32. The summed E-state index contributed by atoms with van der Waals surface area (Å²) >= 11 is 0. The van der Waals surface area contributed by atoms with E-state index in [9.17, 15) is 8.42 Å². The Morgan fingerprint density at radius 2 is 1.58 bits per heavy atom. The highest BCUT2D eigenvalue weighted by Gasteiger charge is 2.70. The Hall–Kier alpha value is -0.653. The van der Waals surface area contributed by atoms with Gasteiger partial charge in [-0.2, -0.15) is 8.42 Å². The van der Waals surface area contributed by atoms with Gasteiger partial charge in [0, 0.05) is 0 Å². The summed E-state index contributed by atoms with van der Waals surface area (Å²) in [5, 5.41) is -0.478. The standard InChI is InChI=1S/C14H22O3SSi/c1-13(2)11-14(13,19(3,4)5)17-18(15,16)12-9-7-6-8-10-12/h6-10H,11H2,1-5H3. The van der Waals surface area contributed by atoms with Gasteiger partial charge in [0.2, 0.25) is 0 Å². The van der Waals surface area contributed by atoms with Crippen LogP contribution >= 0.6 is 0 Å². The van der Waals surface area contributed by atoms with E-state index in [4.69, 9.17) is 4.18 Å². The molecule has 1 aromatic carbocycles. The molecule has 2 rings (SSSR count). The van der Waals surface area contributed by atoms with Gasteiger partial charge in [0.15, 0.2) is 0 Å². The Kier molecular flexibility index (Phi) is 3.24. The fraction of sp³-hybridized carbons (Fsp3) is 0.571. The number of benzene rings is 1. The highest BCUT2D eigenvalue weighted by atomic mass is 32.2. The Morgan fingerprint density at radius 3 is 1.95 bits per heavy atom. The van der Waals surface area contributed by atoms with Crippen molar-refractivity contribution in [1.29, 1.82) is 0 Å². The minimum atomic E-state index is -3.67. The quantitative estimate of drug-likeness (QED) is 0.632. The SMILES string of the molecule is CC1(C)CC1(OS(=O)(=O)c1ccccc1)[Si](C)(C)C. The summed E-state index contributed by atoms with van der Waals surface area (Å²) in [6.07, 6.45) is 0.821. The van der Waals surface area contributed by atoms with Crippen molar-refractivity contribution in [2.24, 2.45) is 5.41 Å². The summed E-state index contributed by atoms with van der Waals surface area (Å²) in [6.45, 7) is 10.7. The minimum Gasteiger partial charge on any atom is -0.263 e. The summed E-state index contributed by atoms with van der Waals surface area (Å²) in [6, 6.07) is 8.41. The van der Waals surface area contributed by atoms with Gasteiger partial charge in [-0.25, -0.2) is 0 Å². The van der Waals surface area contributed by atoms with Crippen LogP contribution in [0.25, 0.3) is 0 Å². The van der Waals surface area contributed by atoms with Gasteiger partial charge in [0.1, 0.15) is 0 Å². The fourth-order valence-electron chi connectivity index (χ4n) is 2.95. The lowest BCUT2D eigenvalue weighted by molar-refractivity contribution is 0.215. The van der Waals surface area contributed by atoms with Crippen molar-refractivity contribution in [2.75, 3.05) is 0 Å². The molecule has 19 heavy (non-hydrogen) atoms. The molecule has 1 unspecified atom stereocenters. The van der Waals surface area contributed by atoms with Gasteiger partial charge < -0.3 is 0 Å². The van der Waals surface area contributed by atoms with Crippen LogP contribution in [0.1, 0.15) is 20.3 Å². The van der Waals surface area contributed by atoms with Crippen molar-refractivity contribution in [1.82, 2.24) is 0 Å². The van der Waals surface area contributed by atoms with Gasteiger partial charge in [-0.05, 0) is 24.0 Å². The molecule has 0 radical (unpaired) electrons. The third kappa shape index (κ3) is 2.39. The summed E-state index contributed by atoms with van der Waals surface area (Å²) in [4.78, 5) is 0.246. The zero-order valence-electron chi connectivity index (χ0n) is 12.2. The van der Waals surface area contributed by atoms with E-state index in [-0.39, 0.29) is 10.3 Å². The average molecular weight is 298 g/mol. The molecule has 0 aliphatic heterocycles. The Balaban J connectivity index is 2.36. The normalized spacial score (nSPS) is 26.2. The molecular formula is C14H22O3SSi. The van der Waals surface area contributed by atoms with Gasteiger partial charge >= 0.3 is 0 Å². The predicted octanol–water partition coefficient (Wildman–Crippen LogP) is 3.44. The molecular weight excluding hydrogens is 276 g/mol. The van der Waals surface area contributed by atoms with Crippen LogP contribution in [0.5, 0.6) is 0 Å². The van der Waals surface area contributed by atoms with E-state index in [0.29, 0.717) is 0 Å². The summed E-state index contributed by atoms with van der Waals surface area (Å²) < 4.78 is 30.6. The van der Waals surface area contributed by atoms with Crippen molar-refractivity contribution < 1.29 is 12.6 Å². The second kappa shape index (κ2) is 4.17. The highest BCUT2D eigenvalue weighted by molar-refractivity contribution is 7.86. The van der Waals surface area contributed by atoms with E-state index in [2.05, 4.69) is 33.5 Å². The maximum absolute atomic E-state index is 12.4. The summed E-state index contributed by atoms with van der Waals surface area (Å²) in [5.74, 6) is 0. The van der Waals surface area contributed by atoms with Crippen LogP contribution in [0.3, 0.4) is 0 Å². The predicted molar refractivity (Wildman–Crippen MR) is 79.2 cm³/mol. The van der Waals surface area contributed by atoms with Crippen molar-refractivity contribution in [3.63, 3.8) is 0 Å². The first kappa shape index (κ1) is 14.7. The molecule has 0 spiro atoms. The zero-order chi connectivity index (χ0) is 14.5. The first-order valence-electron chi connectivity index (χ1n) is 6.53. The van der Waals surface area contributed by atoms with Crippen molar-refractivity contribution in [2.45, 2.75) is 50.0 Å². The molecule has 0 amide bonds. The highest BCUT2D eigenvalue weighted by Crippen LogP contribution is 2.63. The van der Waals surface area contributed by atoms with Crippen LogP contribution in [0.15, 0.2) is 35.2 Å². The number of hydrogen-bond donors (Lipinski definition) is 0. The molecule has 1 aliphatic carbocycles. The molecule has 1 saturated carbocycles. The summed E-state index contributed by atoms with van der Waals surface area (Å²) in [5.41, 5.74) is -0.0562. The molecule has 1 fully saturated rings. The van der Waals surface area contributed by atoms with Crippen molar-refractivity contribution in [3.05, 3.63) is 30.3 Å². The maximum atomic E-state index is 12.4. The van der Waals surface area contributed by atoms with Crippen LogP contribution in [0.4, 0.5) is 0 Å². The molecule has 1 aliphatic rings. The maximum Gasteiger partial charge on any atom is 0.297 e. The largest absolute Gasteiger partial charge is 0.297 e. The van der Waals surface area contributed by atoms with E-state index in [1.54, 1.807) is 30.3 Å². The smallest absolute Gasteiger partial charge is 0.263 e. The van der Waals surface area contributed by atoms with E-state index < -0.39 is 23.4 Å². The minimum absolute atomic E-state index is 0.0562. The average Bonchev–Trinajstić information content (AvgIpc) is 2.82. The fourth-order valence-corrected chi connectivity index (χ4v) is 8.53. The van der Waals surface area contributed by atoms with Crippen LogP contribution in [-0.2, 0) is 14.3 Å². The van der Waals surface area contributed by atoms with E-state index >= 15 is 0 Å². The number of hydrogen-bond acceptors (Lipinski definition) is 3. The molecule has 1 atom stereocenters. The third-order valence-corrected chi connectivity index (χ3v) is 9.03. The van der Waals surface area contributed by atoms with Gasteiger partial charge in [-0.15, -0.1) is 0 Å². The van der Waals surface area contributed by atoms with Gasteiger partial charge in [0.25, 0.3) is 10.1 Å². The third-order valence-electron chi connectivity index (χ3n) is 4.15. The second-order valence-electron chi connectivity index (χ2n) is 6.99. The Bertz CT molecular complexity index is 572. The molecule has 0 bridgehead atoms. The van der Waals surface area contributed by atoms with Crippen molar-refractivity contribution >= 4 is 18.2 Å². The molecule has 106 valence electrons. The summed E-state index contributed by atoms with van der Waals surface area (Å²) in [7, 11) is -5.43. The van der Waals surface area contributed by atoms with Crippen LogP contribution in [0, 0.1) is 5.41 Å². The lowest BCUT2D eigenvalue weighted by Crippen LogP contribution is -2.47. The molecule has 5 heteroatoms. The Morgan fingerprint density at radius 1 is 1.11 bits per heavy atom. The van der Waals surface area contributed by atoms with E-state index in [1.165, 1.54) is 0 Å². The van der Waals surface area contributed by atoms with Crippen LogP contribution in [-0.4, -0.2) is 21.7 Å². The van der Waals surface area contributed by atoms with Gasteiger partial charge in [-0.3, -0.25) is 4.18 Å². The molecule has 3 nitrogen and oxygen atoms in total. The van der Waals surface area contributed by atoms with E-state index in [1.807, 2.05) is 0 Å². The first-order valence-corrected chi connectivity index (χ1v) is 11.4. The second-order valence-corrected chi connectivity index (χ2v) is 13.8. The lowest BCUT2D eigenvalue weighted by atomic mass is 10.2. The zero-order valence-corrected chi connectivity index (χ0v) is 14.0. The van der Waals surface area contributed by atoms with Crippen molar-refractivity contribution in [3.8, 4) is 0 Å². The van der Waals surface area contributed by atoms with Crippen LogP contribution < -0.4 is 0 Å². The first-order chi connectivity index (χ1) is 8.52. The van der Waals surface area contributed by atoms with E-state index in [0.717, 1.165) is 6.42 Å². The van der Waals surface area contributed by atoms with Gasteiger partial charge in [-0.1, -0.05) is 51.7 Å². The molecule has 0 aromatic heterocycles.